The second-order valence-corrected chi connectivity index (χ2v) is 7.37. The van der Waals surface area contributed by atoms with E-state index in [1.54, 1.807) is 29.5 Å². The minimum Gasteiger partial charge on any atom is -0.491 e. The summed E-state index contributed by atoms with van der Waals surface area (Å²) in [6.45, 7) is 2.98. The monoisotopic (exact) mass is 425 g/mol. The van der Waals surface area contributed by atoms with Crippen LogP contribution in [0.3, 0.4) is 0 Å². The number of nitriles is 1. The number of hydrogen-bond acceptors (Lipinski definition) is 7. The van der Waals surface area contributed by atoms with Crippen LogP contribution < -0.4 is 9.75 Å². The van der Waals surface area contributed by atoms with Crippen LogP contribution in [-0.4, -0.2) is 34.6 Å². The van der Waals surface area contributed by atoms with Gasteiger partial charge in [0.05, 0.1) is 36.3 Å². The molecule has 2 heterocycles. The number of aromatic nitrogens is 2. The molecule has 1 aliphatic heterocycles. The molecule has 160 valence electrons. The van der Waals surface area contributed by atoms with E-state index in [-0.39, 0.29) is 5.78 Å². The smallest absolute Gasteiger partial charge is 0.181 e. The summed E-state index contributed by atoms with van der Waals surface area (Å²) in [5.41, 5.74) is 3.75. The number of carbonyl (C=O) groups is 1. The minimum atomic E-state index is 0.0445. The van der Waals surface area contributed by atoms with Gasteiger partial charge in [0.25, 0.3) is 0 Å². The van der Waals surface area contributed by atoms with Crippen molar-refractivity contribution in [3.8, 4) is 11.8 Å². The maximum Gasteiger partial charge on any atom is 0.181 e. The molecule has 1 aromatic carbocycles. The van der Waals surface area contributed by atoms with Crippen LogP contribution in [0.15, 0.2) is 71.6 Å². The molecule has 1 aromatic heterocycles. The lowest BCUT2D eigenvalue weighted by Crippen LogP contribution is -2.32. The Labute approximate surface area is 187 Å². The van der Waals surface area contributed by atoms with E-state index in [1.807, 2.05) is 37.3 Å². The van der Waals surface area contributed by atoms with Gasteiger partial charge in [-0.3, -0.25) is 9.80 Å². The largest absolute Gasteiger partial charge is 0.491 e. The molecule has 32 heavy (non-hydrogen) atoms. The first-order valence-electron chi connectivity index (χ1n) is 10.6. The van der Waals surface area contributed by atoms with Crippen molar-refractivity contribution < 1.29 is 9.53 Å². The van der Waals surface area contributed by atoms with Crippen LogP contribution in [-0.2, 0) is 4.79 Å². The molecule has 2 aliphatic rings. The highest BCUT2D eigenvalue weighted by Gasteiger charge is 2.22. The molecular weight excluding hydrogens is 402 g/mol. The molecular formula is C25H23N5O2. The van der Waals surface area contributed by atoms with Crippen LogP contribution in [0.5, 0.6) is 5.75 Å². The van der Waals surface area contributed by atoms with Crippen LogP contribution in [0.25, 0.3) is 5.57 Å². The number of ether oxygens (including phenoxy) is 1. The van der Waals surface area contributed by atoms with E-state index in [2.05, 4.69) is 27.2 Å². The Hall–Kier alpha value is -4.05. The van der Waals surface area contributed by atoms with E-state index in [4.69, 9.17) is 10.00 Å². The van der Waals surface area contributed by atoms with E-state index in [0.717, 1.165) is 23.3 Å². The molecule has 4 rings (SSSR count). The lowest BCUT2D eigenvalue weighted by Gasteiger charge is -2.25. The highest BCUT2D eigenvalue weighted by Crippen LogP contribution is 2.24. The number of carbonyl (C=O) groups excluding carboxylic acids is 1. The lowest BCUT2D eigenvalue weighted by molar-refractivity contribution is -0.113. The molecule has 1 aliphatic carbocycles. The third-order valence-corrected chi connectivity index (χ3v) is 5.11. The molecule has 0 saturated heterocycles. The zero-order chi connectivity index (χ0) is 22.3. The van der Waals surface area contributed by atoms with Crippen molar-refractivity contribution in [2.45, 2.75) is 26.2 Å². The van der Waals surface area contributed by atoms with Crippen molar-refractivity contribution in [1.82, 2.24) is 9.97 Å². The van der Waals surface area contributed by atoms with E-state index < -0.39 is 0 Å². The molecule has 0 spiro atoms. The quantitative estimate of drug-likeness (QED) is 0.687. The van der Waals surface area contributed by atoms with E-state index in [0.29, 0.717) is 48.8 Å². The number of nitrogens with zero attached hydrogens (tertiary/aromatic N) is 5. The first-order chi connectivity index (χ1) is 15.7. The molecule has 0 N–H and O–H groups in total. The fourth-order valence-corrected chi connectivity index (χ4v) is 3.54. The minimum absolute atomic E-state index is 0.0445. The number of rotatable bonds is 6. The molecule has 0 fully saturated rings. The third kappa shape index (κ3) is 4.98. The SMILES string of the molecule is CCOc1cnc(C2=CC(CC3=NN(c4cccc(C#N)c4)CCC3=O)=CCC=C2)nc1. The maximum absolute atomic E-state index is 12.6. The van der Waals surface area contributed by atoms with Gasteiger partial charge < -0.3 is 4.74 Å². The zero-order valence-corrected chi connectivity index (χ0v) is 17.9. The van der Waals surface area contributed by atoms with Crippen molar-refractivity contribution in [3.05, 3.63) is 77.9 Å². The van der Waals surface area contributed by atoms with Gasteiger partial charge in [0.2, 0.25) is 0 Å². The Kier molecular flexibility index (Phi) is 6.52. The van der Waals surface area contributed by atoms with Crippen molar-refractivity contribution in [3.63, 3.8) is 0 Å². The Morgan fingerprint density at radius 1 is 1.25 bits per heavy atom. The lowest BCUT2D eigenvalue weighted by atomic mass is 10.0. The van der Waals surface area contributed by atoms with E-state index >= 15 is 0 Å². The number of hydrazone groups is 1. The summed E-state index contributed by atoms with van der Waals surface area (Å²) in [6, 6.07) is 9.40. The second-order valence-electron chi connectivity index (χ2n) is 7.37. The van der Waals surface area contributed by atoms with Crippen molar-refractivity contribution in [2.75, 3.05) is 18.2 Å². The number of hydrogen-bond donors (Lipinski definition) is 0. The fraction of sp³-hybridized carbons (Fsp3) is 0.240. The number of benzene rings is 1. The average molecular weight is 425 g/mol. The zero-order valence-electron chi connectivity index (χ0n) is 17.9. The first kappa shape index (κ1) is 21.2. The normalized spacial score (nSPS) is 15.9. The van der Waals surface area contributed by atoms with Crippen LogP contribution in [0, 0.1) is 11.3 Å². The Morgan fingerprint density at radius 2 is 2.09 bits per heavy atom. The van der Waals surface area contributed by atoms with Crippen LogP contribution in [0.2, 0.25) is 0 Å². The second kappa shape index (κ2) is 9.84. The third-order valence-electron chi connectivity index (χ3n) is 5.11. The van der Waals surface area contributed by atoms with E-state index in [1.165, 1.54) is 0 Å². The molecule has 0 unspecified atom stereocenters. The molecule has 7 heteroatoms. The van der Waals surface area contributed by atoms with Crippen LogP contribution in [0.4, 0.5) is 5.69 Å². The number of Topliss-reactive ketones (excluding diaryl/α,β-unsaturated/α-hetero) is 1. The van der Waals surface area contributed by atoms with Crippen LogP contribution >= 0.6 is 0 Å². The maximum atomic E-state index is 12.6. The number of ketones is 1. The van der Waals surface area contributed by atoms with Gasteiger partial charge in [-0.2, -0.15) is 10.4 Å². The van der Waals surface area contributed by atoms with Gasteiger partial charge in [0.15, 0.2) is 17.4 Å². The van der Waals surface area contributed by atoms with E-state index in [9.17, 15) is 4.79 Å². The molecule has 2 aromatic rings. The standard InChI is InChI=1S/C25H23N5O2/c1-2-32-22-16-27-25(28-17-22)20-8-4-3-6-18(12-20)14-23-24(31)10-11-30(29-23)21-9-5-7-19(13-21)15-26/h4-9,12-13,16-17H,2-3,10-11,14H2,1H3. The van der Waals surface area contributed by atoms with Gasteiger partial charge in [-0.15, -0.1) is 0 Å². The average Bonchev–Trinajstić information content (AvgIpc) is 3.07. The van der Waals surface area contributed by atoms with Crippen molar-refractivity contribution in [2.24, 2.45) is 5.10 Å². The summed E-state index contributed by atoms with van der Waals surface area (Å²) >= 11 is 0. The Morgan fingerprint density at radius 3 is 2.88 bits per heavy atom. The fourth-order valence-electron chi connectivity index (χ4n) is 3.54. The first-order valence-corrected chi connectivity index (χ1v) is 10.6. The van der Waals surface area contributed by atoms with Gasteiger partial charge in [-0.1, -0.05) is 24.3 Å². The summed E-state index contributed by atoms with van der Waals surface area (Å²) in [6.07, 6.45) is 13.0. The Bertz CT molecular complexity index is 1170. The topological polar surface area (TPSA) is 91.5 Å². The summed E-state index contributed by atoms with van der Waals surface area (Å²) < 4.78 is 5.42. The summed E-state index contributed by atoms with van der Waals surface area (Å²) in [5, 5.41) is 15.6. The molecule has 0 amide bonds. The predicted octanol–water partition coefficient (Wildman–Crippen LogP) is 4.24. The van der Waals surface area contributed by atoms with Crippen LogP contribution in [0.1, 0.15) is 37.6 Å². The van der Waals surface area contributed by atoms with Gasteiger partial charge in [-0.25, -0.2) is 9.97 Å². The molecule has 0 atom stereocenters. The molecule has 7 nitrogen and oxygen atoms in total. The molecule has 0 radical (unpaired) electrons. The van der Waals surface area contributed by atoms with Gasteiger partial charge in [0, 0.05) is 25.0 Å². The van der Waals surface area contributed by atoms with Gasteiger partial charge in [0.1, 0.15) is 5.71 Å². The predicted molar refractivity (Wildman–Crippen MR) is 123 cm³/mol. The number of allylic oxidation sites excluding steroid dienone is 6. The summed E-state index contributed by atoms with van der Waals surface area (Å²) in [5.74, 6) is 1.28. The van der Waals surface area contributed by atoms with Crippen molar-refractivity contribution in [1.29, 1.82) is 5.26 Å². The van der Waals surface area contributed by atoms with Gasteiger partial charge >= 0.3 is 0 Å². The molecule has 0 saturated carbocycles. The van der Waals surface area contributed by atoms with Crippen molar-refractivity contribution >= 4 is 22.8 Å². The highest BCUT2D eigenvalue weighted by atomic mass is 16.5. The van der Waals surface area contributed by atoms with Gasteiger partial charge in [-0.05, 0) is 43.2 Å². The molecule has 0 bridgehead atoms. The highest BCUT2D eigenvalue weighted by molar-refractivity contribution is 6.41. The summed E-state index contributed by atoms with van der Waals surface area (Å²) in [4.78, 5) is 21.4. The number of anilines is 1. The Balaban J connectivity index is 1.56. The summed E-state index contributed by atoms with van der Waals surface area (Å²) in [7, 11) is 0.